The Morgan fingerprint density at radius 2 is 1.50 bits per heavy atom. The second kappa shape index (κ2) is 8.36. The van der Waals surface area contributed by atoms with Crippen molar-refractivity contribution >= 4 is 16.7 Å². The Morgan fingerprint density at radius 1 is 0.958 bits per heavy atom. The molecule has 0 aliphatic rings. The first-order valence-electron chi connectivity index (χ1n) is 9.35. The van der Waals surface area contributed by atoms with E-state index < -0.39 is 0 Å². The van der Waals surface area contributed by atoms with Gasteiger partial charge in [-0.15, -0.1) is 0 Å². The van der Waals surface area contributed by atoms with E-state index in [2.05, 4.69) is 39.5 Å². The topological polar surface area (TPSA) is 26.9 Å². The summed E-state index contributed by atoms with van der Waals surface area (Å²) in [7, 11) is 0. The SMILES string of the molecule is C=C(C)n1c(=O)n(CCCCCCCCC)c2cc(C)c(C)cc21. The molecule has 0 aliphatic heterocycles. The fourth-order valence-corrected chi connectivity index (χ4v) is 3.32. The molecule has 0 atom stereocenters. The van der Waals surface area contributed by atoms with Crippen LogP contribution in [0.15, 0.2) is 23.5 Å². The Bertz CT molecular complexity index is 764. The molecule has 24 heavy (non-hydrogen) atoms. The summed E-state index contributed by atoms with van der Waals surface area (Å²) in [4.78, 5) is 12.8. The van der Waals surface area contributed by atoms with Crippen molar-refractivity contribution in [1.82, 2.24) is 9.13 Å². The van der Waals surface area contributed by atoms with Crippen molar-refractivity contribution in [1.29, 1.82) is 0 Å². The first-order valence-corrected chi connectivity index (χ1v) is 9.35. The van der Waals surface area contributed by atoms with Crippen LogP contribution >= 0.6 is 0 Å². The zero-order chi connectivity index (χ0) is 17.7. The second-order valence-electron chi connectivity index (χ2n) is 7.05. The number of hydrogen-bond acceptors (Lipinski definition) is 1. The molecule has 0 radical (unpaired) electrons. The fraction of sp³-hybridized carbons (Fsp3) is 0.571. The highest BCUT2D eigenvalue weighted by Gasteiger charge is 2.14. The van der Waals surface area contributed by atoms with Crippen LogP contribution in [0.2, 0.25) is 0 Å². The van der Waals surface area contributed by atoms with Crippen molar-refractivity contribution in [3.8, 4) is 0 Å². The first kappa shape index (κ1) is 18.6. The quantitative estimate of drug-likeness (QED) is 0.545. The van der Waals surface area contributed by atoms with Gasteiger partial charge in [0.15, 0.2) is 0 Å². The molecule has 0 amide bonds. The van der Waals surface area contributed by atoms with E-state index >= 15 is 0 Å². The van der Waals surface area contributed by atoms with Gasteiger partial charge in [0.1, 0.15) is 0 Å². The van der Waals surface area contributed by atoms with Crippen LogP contribution < -0.4 is 5.69 Å². The van der Waals surface area contributed by atoms with E-state index in [1.54, 1.807) is 4.57 Å². The molecule has 132 valence electrons. The predicted octanol–water partition coefficient (Wildman–Crippen LogP) is 5.66. The molecule has 0 bridgehead atoms. The fourth-order valence-electron chi connectivity index (χ4n) is 3.32. The van der Waals surface area contributed by atoms with E-state index in [1.165, 1.54) is 49.7 Å². The number of hydrogen-bond donors (Lipinski definition) is 0. The van der Waals surface area contributed by atoms with Crippen LogP contribution in [0.25, 0.3) is 16.7 Å². The van der Waals surface area contributed by atoms with Gasteiger partial charge in [0.25, 0.3) is 0 Å². The largest absolute Gasteiger partial charge is 0.333 e. The molecule has 0 aliphatic carbocycles. The average molecular weight is 329 g/mol. The smallest absolute Gasteiger partial charge is 0.292 e. The molecule has 2 aromatic rings. The van der Waals surface area contributed by atoms with Crippen molar-refractivity contribution in [2.24, 2.45) is 0 Å². The third kappa shape index (κ3) is 4.00. The van der Waals surface area contributed by atoms with E-state index in [4.69, 9.17) is 0 Å². The maximum Gasteiger partial charge on any atom is 0.333 e. The van der Waals surface area contributed by atoms with Crippen molar-refractivity contribution in [2.45, 2.75) is 79.2 Å². The lowest BCUT2D eigenvalue weighted by atomic mass is 10.1. The molecule has 1 heterocycles. The van der Waals surface area contributed by atoms with Gasteiger partial charge >= 0.3 is 5.69 Å². The number of unbranched alkanes of at least 4 members (excludes halogenated alkanes) is 6. The lowest BCUT2D eigenvalue weighted by Gasteiger charge is -2.06. The highest BCUT2D eigenvalue weighted by Crippen LogP contribution is 2.21. The molecule has 0 unspecified atom stereocenters. The van der Waals surface area contributed by atoms with Gasteiger partial charge in [-0.1, -0.05) is 52.0 Å². The lowest BCUT2D eigenvalue weighted by molar-refractivity contribution is 0.547. The minimum Gasteiger partial charge on any atom is -0.292 e. The number of rotatable bonds is 9. The zero-order valence-corrected chi connectivity index (χ0v) is 15.8. The Balaban J connectivity index is 2.17. The third-order valence-corrected chi connectivity index (χ3v) is 4.91. The zero-order valence-electron chi connectivity index (χ0n) is 15.8. The van der Waals surface area contributed by atoms with Crippen LogP contribution in [-0.4, -0.2) is 9.13 Å². The van der Waals surface area contributed by atoms with Crippen LogP contribution in [0.1, 0.15) is 69.9 Å². The molecule has 0 fully saturated rings. The molecule has 3 heteroatoms. The number of fused-ring (bicyclic) bond motifs is 1. The number of aryl methyl sites for hydroxylation is 3. The molecule has 0 saturated heterocycles. The van der Waals surface area contributed by atoms with Gasteiger partial charge in [-0.3, -0.25) is 9.13 Å². The summed E-state index contributed by atoms with van der Waals surface area (Å²) in [6.45, 7) is 13.1. The van der Waals surface area contributed by atoms with E-state index in [9.17, 15) is 4.79 Å². The van der Waals surface area contributed by atoms with Crippen LogP contribution in [-0.2, 0) is 6.54 Å². The highest BCUT2D eigenvalue weighted by atomic mass is 16.1. The lowest BCUT2D eigenvalue weighted by Crippen LogP contribution is -2.23. The Morgan fingerprint density at radius 3 is 2.08 bits per heavy atom. The van der Waals surface area contributed by atoms with Gasteiger partial charge in [0.2, 0.25) is 0 Å². The van der Waals surface area contributed by atoms with Gasteiger partial charge in [0, 0.05) is 12.2 Å². The van der Waals surface area contributed by atoms with E-state index in [0.29, 0.717) is 0 Å². The molecule has 0 N–H and O–H groups in total. The van der Waals surface area contributed by atoms with Gasteiger partial charge in [-0.05, 0) is 50.5 Å². The van der Waals surface area contributed by atoms with E-state index in [1.807, 2.05) is 11.5 Å². The minimum atomic E-state index is 0.0495. The van der Waals surface area contributed by atoms with Crippen LogP contribution in [0.4, 0.5) is 0 Å². The second-order valence-corrected chi connectivity index (χ2v) is 7.05. The minimum absolute atomic E-state index is 0.0495. The van der Waals surface area contributed by atoms with Gasteiger partial charge in [0.05, 0.1) is 11.0 Å². The van der Waals surface area contributed by atoms with E-state index in [-0.39, 0.29) is 5.69 Å². The Hall–Kier alpha value is -1.77. The van der Waals surface area contributed by atoms with Crippen LogP contribution in [0.5, 0.6) is 0 Å². The van der Waals surface area contributed by atoms with Gasteiger partial charge in [-0.25, -0.2) is 4.79 Å². The summed E-state index contributed by atoms with van der Waals surface area (Å²) >= 11 is 0. The number of allylic oxidation sites excluding steroid dienone is 1. The number of aromatic nitrogens is 2. The molecule has 3 nitrogen and oxygen atoms in total. The van der Waals surface area contributed by atoms with E-state index in [0.717, 1.165) is 29.7 Å². The molecule has 2 rings (SSSR count). The molecular formula is C21H32N2O. The molecular weight excluding hydrogens is 296 g/mol. The van der Waals surface area contributed by atoms with Crippen molar-refractivity contribution in [3.05, 3.63) is 40.3 Å². The van der Waals surface area contributed by atoms with Crippen LogP contribution in [0, 0.1) is 13.8 Å². The number of imidazole rings is 1. The summed E-state index contributed by atoms with van der Waals surface area (Å²) in [5.41, 5.74) is 5.30. The summed E-state index contributed by atoms with van der Waals surface area (Å²) in [6.07, 6.45) is 8.80. The van der Waals surface area contributed by atoms with Crippen LogP contribution in [0.3, 0.4) is 0 Å². The predicted molar refractivity (Wildman–Crippen MR) is 105 cm³/mol. The summed E-state index contributed by atoms with van der Waals surface area (Å²) in [5, 5.41) is 0. The van der Waals surface area contributed by atoms with Gasteiger partial charge < -0.3 is 0 Å². The van der Waals surface area contributed by atoms with Crippen molar-refractivity contribution < 1.29 is 0 Å². The van der Waals surface area contributed by atoms with Crippen molar-refractivity contribution in [3.63, 3.8) is 0 Å². The third-order valence-electron chi connectivity index (χ3n) is 4.91. The van der Waals surface area contributed by atoms with Gasteiger partial charge in [-0.2, -0.15) is 0 Å². The molecule has 0 saturated carbocycles. The first-order chi connectivity index (χ1) is 11.5. The molecule has 0 spiro atoms. The molecule has 1 aromatic heterocycles. The van der Waals surface area contributed by atoms with Crippen molar-refractivity contribution in [2.75, 3.05) is 0 Å². The highest BCUT2D eigenvalue weighted by molar-refractivity contribution is 5.81. The average Bonchev–Trinajstić information content (AvgIpc) is 2.78. The number of nitrogens with zero attached hydrogens (tertiary/aromatic N) is 2. The normalized spacial score (nSPS) is 11.3. The monoisotopic (exact) mass is 328 g/mol. The molecule has 1 aromatic carbocycles. The Labute approximate surface area is 146 Å². The number of benzene rings is 1. The summed E-state index contributed by atoms with van der Waals surface area (Å²) in [6, 6.07) is 4.26. The maximum absolute atomic E-state index is 12.8. The standard InChI is InChI=1S/C21H32N2O/c1-6-7-8-9-10-11-12-13-22-19-14-17(4)18(5)15-20(19)23(16(2)3)21(22)24/h14-15H,2,6-13H2,1,3-5H3. The maximum atomic E-state index is 12.8. The summed E-state index contributed by atoms with van der Waals surface area (Å²) in [5.74, 6) is 0. The Kier molecular flexibility index (Phi) is 6.47. The summed E-state index contributed by atoms with van der Waals surface area (Å²) < 4.78 is 3.69.